The largest absolute Gasteiger partial charge is 0.0651 e. The van der Waals surface area contributed by atoms with E-state index in [2.05, 4.69) is 83.1 Å². The first-order valence-corrected chi connectivity index (χ1v) is 9.70. The van der Waals surface area contributed by atoms with Crippen molar-refractivity contribution in [2.75, 3.05) is 0 Å². The average molecular weight is 331 g/mol. The van der Waals surface area contributed by atoms with E-state index in [1.165, 1.54) is 50.6 Å². The van der Waals surface area contributed by atoms with Crippen LogP contribution in [0.3, 0.4) is 0 Å². The van der Waals surface area contributed by atoms with E-state index in [0.29, 0.717) is 5.92 Å². The molecule has 0 saturated carbocycles. The van der Waals surface area contributed by atoms with E-state index in [9.17, 15) is 0 Å². The number of fused-ring (bicyclic) bond motifs is 1. The van der Waals surface area contributed by atoms with Gasteiger partial charge in [-0.15, -0.1) is 0 Å². The van der Waals surface area contributed by atoms with Gasteiger partial charge in [0, 0.05) is 0 Å². The van der Waals surface area contributed by atoms with Crippen LogP contribution in [0.2, 0.25) is 0 Å². The molecule has 0 nitrogen and oxygen atoms in total. The van der Waals surface area contributed by atoms with Gasteiger partial charge in [-0.1, -0.05) is 88.2 Å². The topological polar surface area (TPSA) is 0 Å². The molecule has 0 atom stereocenters. The lowest BCUT2D eigenvalue weighted by molar-refractivity contribution is 0.855. The second-order valence-electron chi connectivity index (χ2n) is 7.49. The van der Waals surface area contributed by atoms with Crippen molar-refractivity contribution in [2.24, 2.45) is 0 Å². The van der Waals surface area contributed by atoms with Crippen molar-refractivity contribution in [1.29, 1.82) is 0 Å². The molecule has 0 aliphatic carbocycles. The minimum absolute atomic E-state index is 0.579. The Hall–Kier alpha value is -2.08. The molecular weight excluding hydrogens is 300 g/mol. The zero-order valence-corrected chi connectivity index (χ0v) is 16.3. The molecular formula is C25H30. The summed E-state index contributed by atoms with van der Waals surface area (Å²) in [6.45, 7) is 11.3. The van der Waals surface area contributed by atoms with Crippen molar-refractivity contribution < 1.29 is 0 Å². The predicted molar refractivity (Wildman–Crippen MR) is 112 cm³/mol. The summed E-state index contributed by atoms with van der Waals surface area (Å²) >= 11 is 0. The number of hydrogen-bond acceptors (Lipinski definition) is 0. The quantitative estimate of drug-likeness (QED) is 0.455. The van der Waals surface area contributed by atoms with E-state index in [0.717, 1.165) is 12.8 Å². The smallest absolute Gasteiger partial charge is 0.0143 e. The summed E-state index contributed by atoms with van der Waals surface area (Å²) in [5, 5.41) is 2.76. The summed E-state index contributed by atoms with van der Waals surface area (Å²) in [6.07, 6.45) is 3.39. The third-order valence-electron chi connectivity index (χ3n) is 5.25. The lowest BCUT2D eigenvalue weighted by Gasteiger charge is -2.18. The zero-order chi connectivity index (χ0) is 18.0. The fraction of sp³-hybridized carbons (Fsp3) is 0.360. The van der Waals surface area contributed by atoms with Gasteiger partial charge in [0.25, 0.3) is 0 Å². The van der Waals surface area contributed by atoms with Crippen molar-refractivity contribution in [3.63, 3.8) is 0 Å². The first kappa shape index (κ1) is 17.7. The molecule has 0 N–H and O–H groups in total. The Morgan fingerprint density at radius 2 is 1.60 bits per heavy atom. The second-order valence-corrected chi connectivity index (χ2v) is 7.49. The highest BCUT2D eigenvalue weighted by Crippen LogP contribution is 2.35. The normalized spacial score (nSPS) is 11.4. The van der Waals surface area contributed by atoms with Gasteiger partial charge in [-0.25, -0.2) is 0 Å². The van der Waals surface area contributed by atoms with Gasteiger partial charge in [-0.2, -0.15) is 0 Å². The number of benzene rings is 3. The SMILES string of the molecule is CCCc1cc(C(C)C)ccc1-c1ccc2cc(C)ccc2c1CC. The number of hydrogen-bond donors (Lipinski definition) is 0. The standard InChI is InChI=1S/C25H30/c1-6-8-20-16-19(17(3)4)10-13-24(20)25-14-11-21-15-18(5)9-12-23(21)22(25)7-2/h9-17H,6-8H2,1-5H3. The maximum atomic E-state index is 2.43. The third-order valence-corrected chi connectivity index (χ3v) is 5.25. The fourth-order valence-electron chi connectivity index (χ4n) is 3.86. The lowest BCUT2D eigenvalue weighted by atomic mass is 9.87. The molecule has 0 amide bonds. The maximum absolute atomic E-state index is 2.43. The minimum Gasteiger partial charge on any atom is -0.0651 e. The van der Waals surface area contributed by atoms with E-state index >= 15 is 0 Å². The van der Waals surface area contributed by atoms with Gasteiger partial charge < -0.3 is 0 Å². The summed E-state index contributed by atoms with van der Waals surface area (Å²) in [6, 6.07) is 18.6. The highest BCUT2D eigenvalue weighted by Gasteiger charge is 2.13. The van der Waals surface area contributed by atoms with Crippen LogP contribution < -0.4 is 0 Å². The van der Waals surface area contributed by atoms with E-state index < -0.39 is 0 Å². The summed E-state index contributed by atoms with van der Waals surface area (Å²) in [4.78, 5) is 0. The molecule has 0 bridgehead atoms. The Bertz CT molecular complexity index is 884. The van der Waals surface area contributed by atoms with Crippen LogP contribution in [0, 0.1) is 6.92 Å². The molecule has 0 aromatic heterocycles. The summed E-state index contributed by atoms with van der Waals surface area (Å²) in [5.41, 5.74) is 8.59. The highest BCUT2D eigenvalue weighted by atomic mass is 14.2. The Morgan fingerprint density at radius 1 is 0.840 bits per heavy atom. The van der Waals surface area contributed by atoms with Crippen LogP contribution in [-0.2, 0) is 12.8 Å². The summed E-state index contributed by atoms with van der Waals surface area (Å²) in [7, 11) is 0. The molecule has 3 rings (SSSR count). The summed E-state index contributed by atoms with van der Waals surface area (Å²) in [5.74, 6) is 0.579. The first-order chi connectivity index (χ1) is 12.0. The van der Waals surface area contributed by atoms with Crippen LogP contribution >= 0.6 is 0 Å². The Morgan fingerprint density at radius 3 is 2.28 bits per heavy atom. The maximum Gasteiger partial charge on any atom is -0.0143 e. The van der Waals surface area contributed by atoms with Crippen molar-refractivity contribution in [1.82, 2.24) is 0 Å². The van der Waals surface area contributed by atoms with Crippen LogP contribution in [0.5, 0.6) is 0 Å². The molecule has 0 aliphatic rings. The Kier molecular flexibility index (Phi) is 5.27. The molecule has 0 unspecified atom stereocenters. The van der Waals surface area contributed by atoms with Gasteiger partial charge in [-0.3, -0.25) is 0 Å². The van der Waals surface area contributed by atoms with Gasteiger partial charge in [0.15, 0.2) is 0 Å². The van der Waals surface area contributed by atoms with Gasteiger partial charge in [0.2, 0.25) is 0 Å². The lowest BCUT2D eigenvalue weighted by Crippen LogP contribution is -1.98. The number of aryl methyl sites for hydroxylation is 3. The number of rotatable bonds is 5. The van der Waals surface area contributed by atoms with Crippen LogP contribution in [0.4, 0.5) is 0 Å². The van der Waals surface area contributed by atoms with Gasteiger partial charge in [0.1, 0.15) is 0 Å². The molecule has 3 aromatic rings. The van der Waals surface area contributed by atoms with Crippen molar-refractivity contribution in [3.8, 4) is 11.1 Å². The average Bonchev–Trinajstić information content (AvgIpc) is 2.60. The van der Waals surface area contributed by atoms with Gasteiger partial charge in [0.05, 0.1) is 0 Å². The minimum atomic E-state index is 0.579. The molecule has 0 spiro atoms. The van der Waals surface area contributed by atoms with Gasteiger partial charge >= 0.3 is 0 Å². The monoisotopic (exact) mass is 330 g/mol. The zero-order valence-electron chi connectivity index (χ0n) is 16.3. The molecule has 0 radical (unpaired) electrons. The molecule has 0 heteroatoms. The van der Waals surface area contributed by atoms with Crippen LogP contribution in [0.15, 0.2) is 48.5 Å². The molecule has 130 valence electrons. The van der Waals surface area contributed by atoms with E-state index in [1.807, 2.05) is 0 Å². The molecule has 0 saturated heterocycles. The second kappa shape index (κ2) is 7.44. The van der Waals surface area contributed by atoms with Crippen molar-refractivity contribution in [3.05, 3.63) is 70.8 Å². The molecule has 0 heterocycles. The Labute approximate surface area is 152 Å². The molecule has 25 heavy (non-hydrogen) atoms. The first-order valence-electron chi connectivity index (χ1n) is 9.70. The molecule has 0 fully saturated rings. The van der Waals surface area contributed by atoms with Gasteiger partial charge in [-0.05, 0) is 64.3 Å². The molecule has 3 aromatic carbocycles. The fourth-order valence-corrected chi connectivity index (χ4v) is 3.86. The van der Waals surface area contributed by atoms with Crippen molar-refractivity contribution in [2.45, 2.75) is 59.8 Å². The van der Waals surface area contributed by atoms with Crippen LogP contribution in [0.25, 0.3) is 21.9 Å². The molecule has 0 aliphatic heterocycles. The van der Waals surface area contributed by atoms with E-state index in [1.54, 1.807) is 0 Å². The van der Waals surface area contributed by atoms with Crippen molar-refractivity contribution >= 4 is 10.8 Å². The highest BCUT2D eigenvalue weighted by molar-refractivity contribution is 5.92. The predicted octanol–water partition coefficient (Wildman–Crippen LogP) is 7.45. The third kappa shape index (κ3) is 3.49. The Balaban J connectivity index is 2.23. The summed E-state index contributed by atoms with van der Waals surface area (Å²) < 4.78 is 0. The van der Waals surface area contributed by atoms with E-state index in [4.69, 9.17) is 0 Å². The van der Waals surface area contributed by atoms with Crippen LogP contribution in [0.1, 0.15) is 62.3 Å². The van der Waals surface area contributed by atoms with E-state index in [-0.39, 0.29) is 0 Å². The van der Waals surface area contributed by atoms with Crippen LogP contribution in [-0.4, -0.2) is 0 Å².